The Morgan fingerprint density at radius 3 is 2.59 bits per heavy atom. The lowest BCUT2D eigenvalue weighted by molar-refractivity contribution is -0.125. The molecule has 2 aliphatic rings. The average Bonchev–Trinajstić information content (AvgIpc) is 3.50. The number of anilines is 1. The van der Waals surface area contributed by atoms with Crippen LogP contribution in [-0.4, -0.2) is 44.3 Å². The molecule has 2 amide bonds. The summed E-state index contributed by atoms with van der Waals surface area (Å²) >= 11 is 0. The van der Waals surface area contributed by atoms with Gasteiger partial charge < -0.3 is 14.2 Å². The second-order valence-electron chi connectivity index (χ2n) is 9.82. The number of nitrogens with zero attached hydrogens (tertiary/aromatic N) is 4. The van der Waals surface area contributed by atoms with Crippen molar-refractivity contribution in [2.75, 3.05) is 18.4 Å². The summed E-state index contributed by atoms with van der Waals surface area (Å²) in [5.41, 5.74) is 2.35. The molecular formula is C29H27N5O3. The summed E-state index contributed by atoms with van der Waals surface area (Å²) < 4.78 is 7.87. The molecule has 2 fully saturated rings. The van der Waals surface area contributed by atoms with E-state index in [1.807, 2.05) is 59.5 Å². The number of pyridine rings is 1. The summed E-state index contributed by atoms with van der Waals surface area (Å²) in [5.74, 6) is 1.32. The maximum Gasteiger partial charge on any atom is 0.259 e. The zero-order valence-electron chi connectivity index (χ0n) is 20.3. The third-order valence-electron chi connectivity index (χ3n) is 7.41. The molecule has 1 N–H and O–H groups in total. The van der Waals surface area contributed by atoms with Crippen LogP contribution in [0, 0.1) is 5.41 Å². The molecule has 8 nitrogen and oxygen atoms in total. The summed E-state index contributed by atoms with van der Waals surface area (Å²) in [6, 6.07) is 20.8. The van der Waals surface area contributed by atoms with Crippen molar-refractivity contribution >= 4 is 28.8 Å². The molecule has 3 heterocycles. The van der Waals surface area contributed by atoms with E-state index in [-0.39, 0.29) is 23.3 Å². The largest absolute Gasteiger partial charge is 0.439 e. The van der Waals surface area contributed by atoms with Crippen LogP contribution >= 0.6 is 0 Å². The predicted octanol–water partition coefficient (Wildman–Crippen LogP) is 5.22. The van der Waals surface area contributed by atoms with Gasteiger partial charge in [-0.1, -0.05) is 36.9 Å². The summed E-state index contributed by atoms with van der Waals surface area (Å²) in [6.07, 6.45) is 5.75. The van der Waals surface area contributed by atoms with Gasteiger partial charge in [-0.05, 0) is 61.1 Å². The molecule has 2 aromatic heterocycles. The zero-order chi connectivity index (χ0) is 25.4. The topological polar surface area (TPSA) is 89.4 Å². The Balaban J connectivity index is 1.19. The minimum absolute atomic E-state index is 0.00449. The van der Waals surface area contributed by atoms with E-state index < -0.39 is 0 Å². The highest BCUT2D eigenvalue weighted by molar-refractivity contribution is 6.04. The van der Waals surface area contributed by atoms with Crippen molar-refractivity contribution in [3.05, 3.63) is 91.1 Å². The molecule has 6 rings (SSSR count). The summed E-state index contributed by atoms with van der Waals surface area (Å²) in [6.45, 7) is 5.14. The van der Waals surface area contributed by atoms with Gasteiger partial charge in [-0.3, -0.25) is 14.9 Å². The van der Waals surface area contributed by atoms with Crippen molar-refractivity contribution in [1.29, 1.82) is 0 Å². The third-order valence-corrected chi connectivity index (χ3v) is 7.41. The number of imidazole rings is 1. The van der Waals surface area contributed by atoms with Crippen molar-refractivity contribution < 1.29 is 14.3 Å². The molecule has 0 unspecified atom stereocenters. The van der Waals surface area contributed by atoms with Gasteiger partial charge in [0, 0.05) is 31.4 Å². The SMILES string of the molecule is C=CC(=O)N1CCC2(CC(n3c(NC(=O)c4ccc(Oc5ccccc5)nc4)nc4ccccc43)C2)C1. The van der Waals surface area contributed by atoms with Gasteiger partial charge in [0.05, 0.1) is 16.6 Å². The molecule has 2 aromatic carbocycles. The summed E-state index contributed by atoms with van der Waals surface area (Å²) in [5, 5.41) is 3.00. The number of likely N-dealkylation sites (tertiary alicyclic amines) is 1. The molecule has 1 saturated heterocycles. The van der Waals surface area contributed by atoms with Crippen LogP contribution < -0.4 is 10.1 Å². The quantitative estimate of drug-likeness (QED) is 0.372. The predicted molar refractivity (Wildman–Crippen MR) is 141 cm³/mol. The second-order valence-corrected chi connectivity index (χ2v) is 9.82. The summed E-state index contributed by atoms with van der Waals surface area (Å²) in [7, 11) is 0. The number of carbonyl (C=O) groups is 2. The Kier molecular flexibility index (Phi) is 5.71. The Morgan fingerprint density at radius 2 is 1.84 bits per heavy atom. The van der Waals surface area contributed by atoms with Crippen LogP contribution in [-0.2, 0) is 4.79 Å². The Hall–Kier alpha value is -4.46. The van der Waals surface area contributed by atoms with Crippen LogP contribution in [0.1, 0.15) is 35.7 Å². The monoisotopic (exact) mass is 493 g/mol. The highest BCUT2D eigenvalue weighted by atomic mass is 16.5. The van der Waals surface area contributed by atoms with Gasteiger partial charge >= 0.3 is 0 Å². The molecule has 1 aliphatic heterocycles. The molecule has 1 spiro atoms. The van der Waals surface area contributed by atoms with Gasteiger partial charge in [0.25, 0.3) is 5.91 Å². The van der Waals surface area contributed by atoms with Gasteiger partial charge in [-0.2, -0.15) is 0 Å². The normalized spacial score (nSPS) is 20.5. The van der Waals surface area contributed by atoms with Crippen LogP contribution in [0.15, 0.2) is 85.6 Å². The minimum Gasteiger partial charge on any atom is -0.439 e. The van der Waals surface area contributed by atoms with E-state index >= 15 is 0 Å². The fraction of sp³-hybridized carbons (Fsp3) is 0.241. The summed E-state index contributed by atoms with van der Waals surface area (Å²) in [4.78, 5) is 36.1. The first-order valence-corrected chi connectivity index (χ1v) is 12.4. The number of carbonyl (C=O) groups excluding carboxylic acids is 2. The molecule has 8 heteroatoms. The van der Waals surface area contributed by atoms with Crippen LogP contribution in [0.4, 0.5) is 5.95 Å². The fourth-order valence-corrected chi connectivity index (χ4v) is 5.57. The maximum absolute atomic E-state index is 13.1. The van der Waals surface area contributed by atoms with Gasteiger partial charge in [0.15, 0.2) is 0 Å². The first-order valence-electron chi connectivity index (χ1n) is 12.4. The lowest BCUT2D eigenvalue weighted by Crippen LogP contribution is -2.42. The van der Waals surface area contributed by atoms with Crippen molar-refractivity contribution in [2.45, 2.75) is 25.3 Å². The number of aromatic nitrogens is 3. The Bertz CT molecular complexity index is 1470. The number of hydrogen-bond donors (Lipinski definition) is 1. The molecule has 37 heavy (non-hydrogen) atoms. The van der Waals surface area contributed by atoms with Gasteiger partial charge in [0.1, 0.15) is 5.75 Å². The first-order chi connectivity index (χ1) is 18.0. The van der Waals surface area contributed by atoms with E-state index in [0.29, 0.717) is 23.1 Å². The maximum atomic E-state index is 13.1. The Morgan fingerprint density at radius 1 is 1.05 bits per heavy atom. The molecule has 186 valence electrons. The van der Waals surface area contributed by atoms with Crippen molar-refractivity contribution in [3.63, 3.8) is 0 Å². The number of para-hydroxylation sites is 3. The first kappa shape index (κ1) is 23.0. The number of ether oxygens (including phenoxy) is 1. The molecule has 0 atom stereocenters. The van der Waals surface area contributed by atoms with E-state index in [0.717, 1.165) is 43.4 Å². The number of benzene rings is 2. The molecule has 1 aliphatic carbocycles. The van der Waals surface area contributed by atoms with Crippen LogP contribution in [0.25, 0.3) is 11.0 Å². The lowest BCUT2D eigenvalue weighted by Gasteiger charge is -2.46. The smallest absolute Gasteiger partial charge is 0.259 e. The van der Waals surface area contributed by atoms with Crippen molar-refractivity contribution in [1.82, 2.24) is 19.4 Å². The molecule has 1 saturated carbocycles. The van der Waals surface area contributed by atoms with Gasteiger partial charge in [-0.25, -0.2) is 9.97 Å². The number of fused-ring (bicyclic) bond motifs is 1. The molecule has 0 bridgehead atoms. The van der Waals surface area contributed by atoms with E-state index in [1.54, 1.807) is 12.1 Å². The number of hydrogen-bond acceptors (Lipinski definition) is 5. The highest BCUT2D eigenvalue weighted by Crippen LogP contribution is 2.55. The molecule has 0 radical (unpaired) electrons. The van der Waals surface area contributed by atoms with Crippen molar-refractivity contribution in [2.24, 2.45) is 5.41 Å². The van der Waals surface area contributed by atoms with Gasteiger partial charge in [-0.15, -0.1) is 0 Å². The standard InChI is InChI=1S/C29H27N5O3/c1-2-26(35)33-15-14-29(19-33)16-21(17-29)34-24-11-7-6-10-23(24)31-28(34)32-27(36)20-12-13-25(30-18-20)37-22-8-4-3-5-9-22/h2-13,18,21H,1,14-17,19H2,(H,31,32,36). The Labute approximate surface area is 214 Å². The number of rotatable bonds is 6. The van der Waals surface area contributed by atoms with E-state index in [4.69, 9.17) is 9.72 Å². The number of amides is 2. The minimum atomic E-state index is -0.284. The molecular weight excluding hydrogens is 466 g/mol. The number of nitrogens with one attached hydrogen (secondary N) is 1. The fourth-order valence-electron chi connectivity index (χ4n) is 5.57. The van der Waals surface area contributed by atoms with E-state index in [1.165, 1.54) is 12.3 Å². The second kappa shape index (κ2) is 9.20. The van der Waals surface area contributed by atoms with Crippen molar-refractivity contribution in [3.8, 4) is 11.6 Å². The third kappa shape index (κ3) is 4.35. The van der Waals surface area contributed by atoms with Gasteiger partial charge in [0.2, 0.25) is 17.7 Å². The zero-order valence-corrected chi connectivity index (χ0v) is 20.3. The average molecular weight is 494 g/mol. The van der Waals surface area contributed by atoms with Crippen LogP contribution in [0.3, 0.4) is 0 Å². The molecule has 4 aromatic rings. The van der Waals surface area contributed by atoms with Crippen LogP contribution in [0.5, 0.6) is 11.6 Å². The van der Waals surface area contributed by atoms with E-state index in [2.05, 4.69) is 21.4 Å². The van der Waals surface area contributed by atoms with E-state index in [9.17, 15) is 9.59 Å². The highest BCUT2D eigenvalue weighted by Gasteiger charge is 2.50. The van der Waals surface area contributed by atoms with Crippen LogP contribution in [0.2, 0.25) is 0 Å². The lowest BCUT2D eigenvalue weighted by atomic mass is 9.65.